The van der Waals surface area contributed by atoms with Crippen molar-refractivity contribution < 1.29 is 9.53 Å². The first-order valence-electron chi connectivity index (χ1n) is 12.8. The van der Waals surface area contributed by atoms with Crippen LogP contribution >= 0.6 is 0 Å². The van der Waals surface area contributed by atoms with Crippen LogP contribution in [0, 0.1) is 18.3 Å². The van der Waals surface area contributed by atoms with Gasteiger partial charge in [-0.1, -0.05) is 36.4 Å². The first-order valence-corrected chi connectivity index (χ1v) is 12.8. The minimum Gasteiger partial charge on any atom is -0.466 e. The maximum Gasteiger partial charge on any atom is 0.309 e. The zero-order chi connectivity index (χ0) is 24.9. The Kier molecular flexibility index (Phi) is 5.51. The number of esters is 1. The molecule has 36 heavy (non-hydrogen) atoms. The number of nitrogen functional groups attached to an aromatic ring is 1. The second-order valence-corrected chi connectivity index (χ2v) is 10.2. The van der Waals surface area contributed by atoms with E-state index >= 15 is 0 Å². The van der Waals surface area contributed by atoms with Crippen LogP contribution in [0.4, 0.5) is 5.82 Å². The molecular weight excluding hydrogens is 450 g/mol. The second kappa shape index (κ2) is 8.73. The minimum absolute atomic E-state index is 0.0216. The normalized spacial score (nSPS) is 23.2. The molecule has 6 rings (SSSR count). The van der Waals surface area contributed by atoms with Crippen LogP contribution in [-0.4, -0.2) is 32.2 Å². The number of nitrogens with two attached hydrogens (primary N) is 1. The summed E-state index contributed by atoms with van der Waals surface area (Å²) in [6.45, 7) is 4.36. The smallest absolute Gasteiger partial charge is 0.309 e. The molecule has 4 aromatic rings. The number of carbonyl (C=O) groups is 1. The van der Waals surface area contributed by atoms with E-state index in [9.17, 15) is 4.79 Å². The SMILES string of the molecule is CCOC(=O)C1CC12CCC(c1nc3c(-c4ccc(-c5ccccc5)nc4)cnn3c(N)c1C)CC2. The van der Waals surface area contributed by atoms with Crippen molar-refractivity contribution in [3.8, 4) is 22.4 Å². The fourth-order valence-corrected chi connectivity index (χ4v) is 5.99. The van der Waals surface area contributed by atoms with E-state index in [1.54, 1.807) is 4.52 Å². The van der Waals surface area contributed by atoms with Crippen LogP contribution in [0.25, 0.3) is 28.0 Å². The van der Waals surface area contributed by atoms with Crippen LogP contribution in [0.5, 0.6) is 0 Å². The van der Waals surface area contributed by atoms with E-state index in [2.05, 4.69) is 28.3 Å². The van der Waals surface area contributed by atoms with Gasteiger partial charge in [0.05, 0.1) is 30.1 Å². The van der Waals surface area contributed by atoms with Crippen LogP contribution in [0.2, 0.25) is 0 Å². The number of hydrogen-bond donors (Lipinski definition) is 1. The molecule has 0 aliphatic heterocycles. The van der Waals surface area contributed by atoms with Gasteiger partial charge in [0.1, 0.15) is 5.82 Å². The molecule has 3 aromatic heterocycles. The first-order chi connectivity index (χ1) is 17.5. The van der Waals surface area contributed by atoms with E-state index in [-0.39, 0.29) is 17.3 Å². The van der Waals surface area contributed by atoms with Gasteiger partial charge in [-0.3, -0.25) is 9.78 Å². The van der Waals surface area contributed by atoms with Gasteiger partial charge in [0, 0.05) is 34.4 Å². The molecule has 1 aromatic carbocycles. The van der Waals surface area contributed by atoms with Gasteiger partial charge in [-0.2, -0.15) is 9.61 Å². The maximum atomic E-state index is 12.3. The molecule has 0 saturated heterocycles. The third-order valence-corrected chi connectivity index (χ3v) is 8.24. The van der Waals surface area contributed by atoms with Crippen molar-refractivity contribution in [1.29, 1.82) is 0 Å². The van der Waals surface area contributed by atoms with E-state index in [4.69, 9.17) is 15.5 Å². The molecule has 1 unspecified atom stereocenters. The van der Waals surface area contributed by atoms with Gasteiger partial charge in [-0.25, -0.2) is 4.98 Å². The van der Waals surface area contributed by atoms with Gasteiger partial charge in [0.15, 0.2) is 5.65 Å². The lowest BCUT2D eigenvalue weighted by Crippen LogP contribution is -2.21. The van der Waals surface area contributed by atoms with Crippen molar-refractivity contribution in [2.75, 3.05) is 12.3 Å². The Morgan fingerprint density at radius 3 is 2.58 bits per heavy atom. The zero-order valence-corrected chi connectivity index (χ0v) is 20.8. The monoisotopic (exact) mass is 481 g/mol. The summed E-state index contributed by atoms with van der Waals surface area (Å²) in [4.78, 5) is 22.1. The Bertz CT molecular complexity index is 1420. The third kappa shape index (κ3) is 3.74. The Balaban J connectivity index is 1.28. The summed E-state index contributed by atoms with van der Waals surface area (Å²) >= 11 is 0. The number of rotatable bonds is 5. The molecule has 7 heteroatoms. The Hall–Kier alpha value is -3.74. The van der Waals surface area contributed by atoms with Gasteiger partial charge in [0.2, 0.25) is 0 Å². The summed E-state index contributed by atoms with van der Waals surface area (Å²) in [7, 11) is 0. The molecule has 1 atom stereocenters. The molecule has 7 nitrogen and oxygen atoms in total. The average Bonchev–Trinajstić information content (AvgIpc) is 3.44. The number of ether oxygens (including phenoxy) is 1. The highest BCUT2D eigenvalue weighted by molar-refractivity contribution is 5.79. The standard InChI is InChI=1S/C29H31N5O2/c1-3-36-28(35)23-15-29(23)13-11-20(12-14-29)25-18(2)26(30)34-27(33-25)22(17-32-34)21-9-10-24(31-16-21)19-7-5-4-6-8-19/h4-10,16-17,20,23H,3,11-15,30H2,1-2H3. The van der Waals surface area contributed by atoms with Crippen molar-refractivity contribution >= 4 is 17.4 Å². The molecule has 3 heterocycles. The van der Waals surface area contributed by atoms with Crippen LogP contribution in [-0.2, 0) is 9.53 Å². The second-order valence-electron chi connectivity index (χ2n) is 10.2. The Labute approximate surface area is 210 Å². The number of benzene rings is 1. The van der Waals surface area contributed by atoms with E-state index < -0.39 is 0 Å². The fourth-order valence-electron chi connectivity index (χ4n) is 5.99. The van der Waals surface area contributed by atoms with Gasteiger partial charge in [-0.15, -0.1) is 0 Å². The van der Waals surface area contributed by atoms with Gasteiger partial charge in [-0.05, 0) is 57.4 Å². The van der Waals surface area contributed by atoms with Crippen LogP contribution < -0.4 is 5.73 Å². The van der Waals surface area contributed by atoms with E-state index in [0.717, 1.165) is 71.4 Å². The van der Waals surface area contributed by atoms with E-state index in [0.29, 0.717) is 18.3 Å². The lowest BCUT2D eigenvalue weighted by atomic mass is 9.76. The Morgan fingerprint density at radius 2 is 1.89 bits per heavy atom. The van der Waals surface area contributed by atoms with Crippen molar-refractivity contribution in [3.63, 3.8) is 0 Å². The summed E-state index contributed by atoms with van der Waals surface area (Å²) < 4.78 is 7.02. The molecular formula is C29H31N5O2. The summed E-state index contributed by atoms with van der Waals surface area (Å²) in [6, 6.07) is 14.2. The molecule has 2 aliphatic carbocycles. The van der Waals surface area contributed by atoms with Gasteiger partial charge >= 0.3 is 5.97 Å². The molecule has 184 valence electrons. The zero-order valence-electron chi connectivity index (χ0n) is 20.8. The summed E-state index contributed by atoms with van der Waals surface area (Å²) in [6.07, 6.45) is 8.75. The molecule has 2 saturated carbocycles. The van der Waals surface area contributed by atoms with Crippen molar-refractivity contribution in [2.45, 2.75) is 51.9 Å². The first kappa shape index (κ1) is 22.7. The van der Waals surface area contributed by atoms with Gasteiger partial charge < -0.3 is 10.5 Å². The number of anilines is 1. The third-order valence-electron chi connectivity index (χ3n) is 8.24. The molecule has 2 aliphatic rings. The minimum atomic E-state index is -0.0216. The topological polar surface area (TPSA) is 95.4 Å². The molecule has 0 amide bonds. The maximum absolute atomic E-state index is 12.3. The lowest BCUT2D eigenvalue weighted by molar-refractivity contribution is -0.145. The summed E-state index contributed by atoms with van der Waals surface area (Å²) in [5.74, 6) is 1.01. The summed E-state index contributed by atoms with van der Waals surface area (Å²) in [5, 5.41) is 4.55. The number of pyridine rings is 1. The number of nitrogens with zero attached hydrogens (tertiary/aromatic N) is 4. The summed E-state index contributed by atoms with van der Waals surface area (Å²) in [5.41, 5.74) is 13.4. The van der Waals surface area contributed by atoms with Crippen molar-refractivity contribution in [1.82, 2.24) is 19.6 Å². The highest BCUT2D eigenvalue weighted by Gasteiger charge is 2.59. The molecule has 1 spiro atoms. The predicted molar refractivity (Wildman–Crippen MR) is 139 cm³/mol. The quantitative estimate of drug-likeness (QED) is 0.374. The predicted octanol–water partition coefficient (Wildman–Crippen LogP) is 5.58. The molecule has 0 radical (unpaired) electrons. The number of hydrogen-bond acceptors (Lipinski definition) is 6. The van der Waals surface area contributed by atoms with E-state index in [1.807, 2.05) is 50.5 Å². The van der Waals surface area contributed by atoms with Gasteiger partial charge in [0.25, 0.3) is 0 Å². The van der Waals surface area contributed by atoms with Crippen molar-refractivity contribution in [3.05, 3.63) is 66.1 Å². The van der Waals surface area contributed by atoms with Crippen molar-refractivity contribution in [2.24, 2.45) is 11.3 Å². The highest BCUT2D eigenvalue weighted by Crippen LogP contribution is 2.63. The number of fused-ring (bicyclic) bond motifs is 1. The van der Waals surface area contributed by atoms with Crippen LogP contribution in [0.3, 0.4) is 0 Å². The van der Waals surface area contributed by atoms with E-state index in [1.165, 1.54) is 0 Å². The molecule has 0 bridgehead atoms. The van der Waals surface area contributed by atoms with Crippen LogP contribution in [0.1, 0.15) is 56.2 Å². The number of carbonyl (C=O) groups excluding carboxylic acids is 1. The molecule has 2 N–H and O–H groups in total. The number of aromatic nitrogens is 4. The lowest BCUT2D eigenvalue weighted by Gasteiger charge is -2.30. The highest BCUT2D eigenvalue weighted by atomic mass is 16.5. The Morgan fingerprint density at radius 1 is 1.11 bits per heavy atom. The largest absolute Gasteiger partial charge is 0.466 e. The average molecular weight is 482 g/mol. The van der Waals surface area contributed by atoms with Crippen LogP contribution in [0.15, 0.2) is 54.9 Å². The fraction of sp³-hybridized carbons (Fsp3) is 0.379. The molecule has 2 fully saturated rings.